The number of hydrogen-bond acceptors (Lipinski definition) is 4. The van der Waals surface area contributed by atoms with Crippen LogP contribution in [0.1, 0.15) is 21.5 Å². The van der Waals surface area contributed by atoms with Crippen molar-refractivity contribution in [3.05, 3.63) is 87.6 Å². The number of halogens is 3. The van der Waals surface area contributed by atoms with Gasteiger partial charge in [0.25, 0.3) is 5.91 Å². The molecule has 2 heterocycles. The van der Waals surface area contributed by atoms with Crippen molar-refractivity contribution in [2.24, 2.45) is 0 Å². The zero-order valence-corrected chi connectivity index (χ0v) is 19.9. The molecule has 0 radical (unpaired) electrons. The molecule has 2 amide bonds. The van der Waals surface area contributed by atoms with E-state index in [1.807, 2.05) is 0 Å². The number of hydrogen-bond donors (Lipinski definition) is 3. The van der Waals surface area contributed by atoms with Crippen LogP contribution in [0.15, 0.2) is 65.1 Å². The van der Waals surface area contributed by atoms with E-state index in [0.29, 0.717) is 16.6 Å². The number of nitrogens with zero attached hydrogens (tertiary/aromatic N) is 3. The van der Waals surface area contributed by atoms with E-state index in [-0.39, 0.29) is 39.6 Å². The fourth-order valence-electron chi connectivity index (χ4n) is 4.05. The first-order valence-electron chi connectivity index (χ1n) is 9.81. The molecule has 1 aliphatic heterocycles. The Labute approximate surface area is 207 Å². The molecule has 0 saturated heterocycles. The molecule has 0 fully saturated rings. The Morgan fingerprint density at radius 1 is 1.18 bits per heavy atom. The third-order valence-electron chi connectivity index (χ3n) is 5.71. The van der Waals surface area contributed by atoms with Gasteiger partial charge in [-0.15, -0.1) is 12.4 Å². The molecule has 1 aliphatic rings. The van der Waals surface area contributed by atoms with Crippen molar-refractivity contribution >= 4 is 63.0 Å². The van der Waals surface area contributed by atoms with Gasteiger partial charge in [0.05, 0.1) is 21.2 Å². The van der Waals surface area contributed by atoms with Gasteiger partial charge in [-0.3, -0.25) is 14.6 Å². The number of H-pyrrole nitrogens is 1. The van der Waals surface area contributed by atoms with Crippen molar-refractivity contribution in [3.63, 3.8) is 0 Å². The van der Waals surface area contributed by atoms with E-state index in [1.54, 1.807) is 48.5 Å². The number of imidazole rings is 1. The van der Waals surface area contributed by atoms with Crippen LogP contribution in [0.4, 0.5) is 20.8 Å². The van der Waals surface area contributed by atoms with Crippen LogP contribution in [-0.2, 0) is 5.72 Å². The summed E-state index contributed by atoms with van der Waals surface area (Å²) >= 11 is 3.14. The highest BCUT2D eigenvalue weighted by Gasteiger charge is 2.51. The van der Waals surface area contributed by atoms with Gasteiger partial charge in [-0.2, -0.15) is 0 Å². The molecule has 34 heavy (non-hydrogen) atoms. The van der Waals surface area contributed by atoms with E-state index < -0.39 is 23.5 Å². The Hall–Kier alpha value is -3.47. The Bertz CT molecular complexity index is 1460. The highest BCUT2D eigenvalue weighted by atomic mass is 79.9. The summed E-state index contributed by atoms with van der Waals surface area (Å²) in [7, 11) is 1.35. The van der Waals surface area contributed by atoms with E-state index in [2.05, 4.69) is 25.9 Å². The molecule has 0 spiro atoms. The number of carboxylic acid groups (broad SMARTS) is 1. The molecule has 174 valence electrons. The smallest absolute Gasteiger partial charge is 0.413 e. The first-order chi connectivity index (χ1) is 15.7. The van der Waals surface area contributed by atoms with Gasteiger partial charge in [0.1, 0.15) is 0 Å². The van der Waals surface area contributed by atoms with Crippen LogP contribution in [0.5, 0.6) is 0 Å². The number of carbonyl (C=O) groups is 2. The summed E-state index contributed by atoms with van der Waals surface area (Å²) in [6, 6.07) is 15.8. The highest BCUT2D eigenvalue weighted by molar-refractivity contribution is 9.10. The standard InChI is InChI=1S/C23H16BrFN4O4.ClH/c1-28(22(31)32)21-26-16-10-9-12(11-17(16)27-21)23(33)14-6-3-2-5-13(14)20(30)29(23)18-8-4-7-15(24)19(18)25;/h2-11,33H,1H3,(H,26,27)(H,31,32);1H. The van der Waals surface area contributed by atoms with Crippen LogP contribution < -0.4 is 9.80 Å². The molecule has 3 aromatic carbocycles. The van der Waals surface area contributed by atoms with Crippen LogP contribution in [0, 0.1) is 5.82 Å². The molecule has 0 aliphatic carbocycles. The molecule has 4 aromatic rings. The number of aromatic amines is 1. The maximum atomic E-state index is 15.1. The van der Waals surface area contributed by atoms with Gasteiger partial charge in [-0.25, -0.2) is 14.2 Å². The highest BCUT2D eigenvalue weighted by Crippen LogP contribution is 2.46. The normalized spacial score (nSPS) is 16.9. The van der Waals surface area contributed by atoms with Gasteiger partial charge < -0.3 is 15.2 Å². The molecule has 11 heteroatoms. The second-order valence-corrected chi connectivity index (χ2v) is 8.42. The third kappa shape index (κ3) is 3.33. The summed E-state index contributed by atoms with van der Waals surface area (Å²) in [6.07, 6.45) is -1.19. The maximum Gasteiger partial charge on any atom is 0.413 e. The summed E-state index contributed by atoms with van der Waals surface area (Å²) in [5.74, 6) is -1.15. The summed E-state index contributed by atoms with van der Waals surface area (Å²) in [5, 5.41) is 21.3. The molecule has 0 saturated carbocycles. The lowest BCUT2D eigenvalue weighted by Crippen LogP contribution is -2.45. The van der Waals surface area contributed by atoms with Crippen molar-refractivity contribution in [1.82, 2.24) is 9.97 Å². The van der Waals surface area contributed by atoms with Gasteiger partial charge in [0.15, 0.2) is 11.5 Å². The fraction of sp³-hybridized carbons (Fsp3) is 0.0870. The Morgan fingerprint density at radius 3 is 2.65 bits per heavy atom. The predicted molar refractivity (Wildman–Crippen MR) is 130 cm³/mol. The second kappa shape index (κ2) is 8.39. The zero-order chi connectivity index (χ0) is 23.5. The molecule has 1 atom stereocenters. The van der Waals surface area contributed by atoms with Crippen molar-refractivity contribution in [2.75, 3.05) is 16.8 Å². The number of rotatable bonds is 3. The van der Waals surface area contributed by atoms with Crippen LogP contribution in [0.2, 0.25) is 0 Å². The lowest BCUT2D eigenvalue weighted by molar-refractivity contribution is 0.0699. The maximum absolute atomic E-state index is 15.1. The molecule has 8 nitrogen and oxygen atoms in total. The third-order valence-corrected chi connectivity index (χ3v) is 6.32. The number of carbonyl (C=O) groups excluding carboxylic acids is 1. The minimum absolute atomic E-state index is 0. The zero-order valence-electron chi connectivity index (χ0n) is 17.5. The summed E-state index contributed by atoms with van der Waals surface area (Å²) in [5.41, 5.74) is -0.412. The van der Waals surface area contributed by atoms with E-state index in [9.17, 15) is 19.8 Å². The number of fused-ring (bicyclic) bond motifs is 2. The van der Waals surface area contributed by atoms with Crippen LogP contribution in [0.3, 0.4) is 0 Å². The van der Waals surface area contributed by atoms with Crippen molar-refractivity contribution < 1.29 is 24.2 Å². The van der Waals surface area contributed by atoms with E-state index in [0.717, 1.165) is 9.80 Å². The number of anilines is 2. The SMILES string of the molecule is CN(C(=O)O)c1nc2cc(C3(O)c4ccccc4C(=O)N3c3cccc(Br)c3F)ccc2[nH]1.Cl. The van der Waals surface area contributed by atoms with Crippen molar-refractivity contribution in [3.8, 4) is 0 Å². The fourth-order valence-corrected chi connectivity index (χ4v) is 4.41. The van der Waals surface area contributed by atoms with Gasteiger partial charge in [-0.1, -0.05) is 30.3 Å². The van der Waals surface area contributed by atoms with Crippen molar-refractivity contribution in [1.29, 1.82) is 0 Å². The second-order valence-electron chi connectivity index (χ2n) is 7.57. The quantitative estimate of drug-likeness (QED) is 0.340. The van der Waals surface area contributed by atoms with E-state index in [4.69, 9.17) is 0 Å². The average molecular weight is 548 g/mol. The Balaban J connectivity index is 0.00000274. The molecular formula is C23H17BrClFN4O4. The minimum Gasteiger partial charge on any atom is -0.465 e. The molecule has 5 rings (SSSR count). The molecule has 1 unspecified atom stereocenters. The van der Waals surface area contributed by atoms with Gasteiger partial charge >= 0.3 is 6.09 Å². The first kappa shape index (κ1) is 23.7. The average Bonchev–Trinajstić information content (AvgIpc) is 3.33. The molecule has 0 bridgehead atoms. The van der Waals surface area contributed by atoms with Crippen LogP contribution in [0.25, 0.3) is 11.0 Å². The lowest BCUT2D eigenvalue weighted by Gasteiger charge is -2.35. The number of aliphatic hydroxyl groups is 1. The van der Waals surface area contributed by atoms with Crippen LogP contribution in [-0.4, -0.2) is 39.2 Å². The minimum atomic E-state index is -2.03. The Morgan fingerprint density at radius 2 is 1.91 bits per heavy atom. The monoisotopic (exact) mass is 546 g/mol. The van der Waals surface area contributed by atoms with Crippen molar-refractivity contribution in [2.45, 2.75) is 5.72 Å². The first-order valence-corrected chi connectivity index (χ1v) is 10.6. The summed E-state index contributed by atoms with van der Waals surface area (Å²) < 4.78 is 15.2. The number of nitrogens with one attached hydrogen (secondary N) is 1. The summed E-state index contributed by atoms with van der Waals surface area (Å²) in [6.45, 7) is 0. The molecular weight excluding hydrogens is 531 g/mol. The van der Waals surface area contributed by atoms with Gasteiger partial charge in [0, 0.05) is 23.7 Å². The number of aromatic nitrogens is 2. The lowest BCUT2D eigenvalue weighted by atomic mass is 9.93. The van der Waals surface area contributed by atoms with E-state index >= 15 is 4.39 Å². The van der Waals surface area contributed by atoms with Gasteiger partial charge in [-0.05, 0) is 46.3 Å². The molecule has 3 N–H and O–H groups in total. The largest absolute Gasteiger partial charge is 0.465 e. The number of benzene rings is 3. The summed E-state index contributed by atoms with van der Waals surface area (Å²) in [4.78, 5) is 33.8. The molecule has 1 aromatic heterocycles. The topological polar surface area (TPSA) is 110 Å². The Kier molecular flexibility index (Phi) is 5.84. The van der Waals surface area contributed by atoms with E-state index in [1.165, 1.54) is 19.2 Å². The number of amides is 2. The predicted octanol–water partition coefficient (Wildman–Crippen LogP) is 4.85. The van der Waals surface area contributed by atoms with Gasteiger partial charge in [0.2, 0.25) is 5.95 Å². The van der Waals surface area contributed by atoms with Crippen LogP contribution >= 0.6 is 28.3 Å².